The predicted octanol–water partition coefficient (Wildman–Crippen LogP) is 4.00. The molecule has 0 bridgehead atoms. The van der Waals surface area contributed by atoms with Crippen molar-refractivity contribution < 1.29 is 0 Å². The summed E-state index contributed by atoms with van der Waals surface area (Å²) in [6.45, 7) is 7.38. The highest BCUT2D eigenvalue weighted by Crippen LogP contribution is 2.41. The molecule has 0 radical (unpaired) electrons. The van der Waals surface area contributed by atoms with Crippen molar-refractivity contribution in [3.63, 3.8) is 0 Å². The molecule has 2 aromatic carbocycles. The Kier molecular flexibility index (Phi) is 3.62. The van der Waals surface area contributed by atoms with Crippen LogP contribution < -0.4 is 5.73 Å². The lowest BCUT2D eigenvalue weighted by Crippen LogP contribution is -2.35. The van der Waals surface area contributed by atoms with Crippen LogP contribution in [0.4, 0.5) is 0 Å². The Hall–Kier alpha value is -1.60. The molecule has 0 saturated carbocycles. The second kappa shape index (κ2) is 5.31. The zero-order chi connectivity index (χ0) is 15.0. The molecule has 0 aliphatic heterocycles. The highest BCUT2D eigenvalue weighted by molar-refractivity contribution is 5.45. The van der Waals surface area contributed by atoms with E-state index in [9.17, 15) is 0 Å². The minimum atomic E-state index is 0.126. The van der Waals surface area contributed by atoms with Crippen LogP contribution >= 0.6 is 0 Å². The maximum Gasteiger partial charge on any atom is 0.0122 e. The molecule has 1 atom stereocenters. The monoisotopic (exact) mass is 279 g/mol. The lowest BCUT2D eigenvalue weighted by Gasteiger charge is -2.31. The Morgan fingerprint density at radius 1 is 1.05 bits per heavy atom. The van der Waals surface area contributed by atoms with Gasteiger partial charge in [0.2, 0.25) is 0 Å². The Labute approximate surface area is 128 Å². The van der Waals surface area contributed by atoms with Crippen molar-refractivity contribution in [2.24, 2.45) is 5.73 Å². The number of fused-ring (bicyclic) bond motifs is 1. The highest BCUT2D eigenvalue weighted by atomic mass is 14.6. The van der Waals surface area contributed by atoms with Gasteiger partial charge in [0, 0.05) is 12.0 Å². The summed E-state index contributed by atoms with van der Waals surface area (Å²) in [6.07, 6.45) is 3.41. The van der Waals surface area contributed by atoms with Crippen LogP contribution in [0.1, 0.15) is 39.8 Å². The average Bonchev–Trinajstić information content (AvgIpc) is 2.82. The van der Waals surface area contributed by atoms with E-state index in [1.807, 2.05) is 0 Å². The molecule has 0 fully saturated rings. The summed E-state index contributed by atoms with van der Waals surface area (Å²) >= 11 is 0. The summed E-state index contributed by atoms with van der Waals surface area (Å²) in [4.78, 5) is 0. The van der Waals surface area contributed by atoms with E-state index in [0.717, 1.165) is 19.4 Å². The largest absolute Gasteiger partial charge is 0.330 e. The Balaban J connectivity index is 2.04. The first kappa shape index (κ1) is 14.3. The van der Waals surface area contributed by atoms with Gasteiger partial charge in [-0.1, -0.05) is 42.0 Å². The third kappa shape index (κ3) is 2.40. The normalized spacial score (nSPS) is 20.6. The first-order valence-corrected chi connectivity index (χ1v) is 7.91. The molecule has 0 heterocycles. The molecule has 1 aliphatic carbocycles. The van der Waals surface area contributed by atoms with E-state index in [-0.39, 0.29) is 5.41 Å². The third-order valence-corrected chi connectivity index (χ3v) is 5.21. The first-order chi connectivity index (χ1) is 10.1. The highest BCUT2D eigenvalue weighted by Gasteiger charge is 2.37. The van der Waals surface area contributed by atoms with E-state index in [1.54, 1.807) is 0 Å². The van der Waals surface area contributed by atoms with Crippen LogP contribution in [-0.4, -0.2) is 6.54 Å². The van der Waals surface area contributed by atoms with E-state index < -0.39 is 0 Å². The van der Waals surface area contributed by atoms with Crippen LogP contribution in [0.5, 0.6) is 0 Å². The Morgan fingerprint density at radius 3 is 2.38 bits per heavy atom. The SMILES string of the molecule is Cc1cc(C)c(CC2(CN)CCc3ccccc32)c(C)c1. The standard InChI is InChI=1S/C20H25N/c1-14-10-15(2)18(16(3)11-14)12-20(13-21)9-8-17-6-4-5-7-19(17)20/h4-7,10-11H,8-9,12-13,21H2,1-3H3. The van der Waals surface area contributed by atoms with Crippen molar-refractivity contribution in [3.8, 4) is 0 Å². The van der Waals surface area contributed by atoms with Crippen LogP contribution in [0.25, 0.3) is 0 Å². The number of benzene rings is 2. The average molecular weight is 279 g/mol. The van der Waals surface area contributed by atoms with Crippen LogP contribution in [0, 0.1) is 20.8 Å². The maximum atomic E-state index is 6.26. The zero-order valence-electron chi connectivity index (χ0n) is 13.4. The van der Waals surface area contributed by atoms with Crippen LogP contribution in [-0.2, 0) is 18.3 Å². The second-order valence-electron chi connectivity index (χ2n) is 6.70. The summed E-state index contributed by atoms with van der Waals surface area (Å²) in [7, 11) is 0. The lowest BCUT2D eigenvalue weighted by molar-refractivity contribution is 0.430. The minimum Gasteiger partial charge on any atom is -0.330 e. The molecule has 0 aromatic heterocycles. The Morgan fingerprint density at radius 2 is 1.71 bits per heavy atom. The lowest BCUT2D eigenvalue weighted by atomic mass is 9.75. The molecule has 1 nitrogen and oxygen atoms in total. The summed E-state index contributed by atoms with van der Waals surface area (Å²) in [5, 5.41) is 0. The van der Waals surface area contributed by atoms with Gasteiger partial charge in [-0.2, -0.15) is 0 Å². The molecule has 2 N–H and O–H groups in total. The number of nitrogens with two attached hydrogens (primary N) is 1. The number of hydrogen-bond donors (Lipinski definition) is 1. The minimum absolute atomic E-state index is 0.126. The van der Waals surface area contributed by atoms with Gasteiger partial charge < -0.3 is 5.73 Å². The van der Waals surface area contributed by atoms with Crippen molar-refractivity contribution in [1.29, 1.82) is 0 Å². The van der Waals surface area contributed by atoms with Gasteiger partial charge in [0.15, 0.2) is 0 Å². The topological polar surface area (TPSA) is 26.0 Å². The van der Waals surface area contributed by atoms with E-state index in [1.165, 1.54) is 39.8 Å². The molecule has 1 heteroatoms. The van der Waals surface area contributed by atoms with Crippen molar-refractivity contribution in [1.82, 2.24) is 0 Å². The fraction of sp³-hybridized carbons (Fsp3) is 0.400. The van der Waals surface area contributed by atoms with Crippen molar-refractivity contribution in [3.05, 3.63) is 69.8 Å². The molecule has 0 saturated heterocycles. The summed E-state index contributed by atoms with van der Waals surface area (Å²) in [6, 6.07) is 13.5. The van der Waals surface area contributed by atoms with Crippen LogP contribution in [0.2, 0.25) is 0 Å². The predicted molar refractivity (Wildman–Crippen MR) is 89.9 cm³/mol. The molecule has 110 valence electrons. The maximum absolute atomic E-state index is 6.26. The number of aryl methyl sites for hydroxylation is 4. The molecule has 2 aromatic rings. The van der Waals surface area contributed by atoms with Crippen LogP contribution in [0.3, 0.4) is 0 Å². The molecule has 0 amide bonds. The fourth-order valence-electron chi connectivity index (χ4n) is 4.06. The number of hydrogen-bond acceptors (Lipinski definition) is 1. The third-order valence-electron chi connectivity index (χ3n) is 5.21. The van der Waals surface area contributed by atoms with Crippen molar-refractivity contribution in [2.75, 3.05) is 6.54 Å². The van der Waals surface area contributed by atoms with Gasteiger partial charge in [0.1, 0.15) is 0 Å². The molecular weight excluding hydrogens is 254 g/mol. The molecule has 3 rings (SSSR count). The van der Waals surface area contributed by atoms with Crippen molar-refractivity contribution >= 4 is 0 Å². The molecule has 0 spiro atoms. The van der Waals surface area contributed by atoms with Gasteiger partial charge in [-0.05, 0) is 67.9 Å². The zero-order valence-corrected chi connectivity index (χ0v) is 13.4. The van der Waals surface area contributed by atoms with Gasteiger partial charge in [0.05, 0.1) is 0 Å². The Bertz CT molecular complexity index is 648. The van der Waals surface area contributed by atoms with Gasteiger partial charge in [-0.3, -0.25) is 0 Å². The molecular formula is C20H25N. The summed E-state index contributed by atoms with van der Waals surface area (Å²) in [5.41, 5.74) is 15.0. The van der Waals surface area contributed by atoms with E-state index >= 15 is 0 Å². The van der Waals surface area contributed by atoms with Gasteiger partial charge in [-0.25, -0.2) is 0 Å². The van der Waals surface area contributed by atoms with Gasteiger partial charge >= 0.3 is 0 Å². The number of rotatable bonds is 3. The quantitative estimate of drug-likeness (QED) is 0.903. The first-order valence-electron chi connectivity index (χ1n) is 7.91. The van der Waals surface area contributed by atoms with Crippen LogP contribution in [0.15, 0.2) is 36.4 Å². The second-order valence-corrected chi connectivity index (χ2v) is 6.70. The molecule has 21 heavy (non-hydrogen) atoms. The summed E-state index contributed by atoms with van der Waals surface area (Å²) < 4.78 is 0. The summed E-state index contributed by atoms with van der Waals surface area (Å²) in [5.74, 6) is 0. The van der Waals surface area contributed by atoms with E-state index in [4.69, 9.17) is 5.73 Å². The van der Waals surface area contributed by atoms with E-state index in [2.05, 4.69) is 57.2 Å². The van der Waals surface area contributed by atoms with Gasteiger partial charge in [-0.15, -0.1) is 0 Å². The fourth-order valence-corrected chi connectivity index (χ4v) is 4.06. The smallest absolute Gasteiger partial charge is 0.0122 e. The molecule has 1 unspecified atom stereocenters. The van der Waals surface area contributed by atoms with Gasteiger partial charge in [0.25, 0.3) is 0 Å². The van der Waals surface area contributed by atoms with E-state index in [0.29, 0.717) is 0 Å². The van der Waals surface area contributed by atoms with Crippen molar-refractivity contribution in [2.45, 2.75) is 45.4 Å². The molecule has 1 aliphatic rings.